The fourth-order valence-electron chi connectivity index (χ4n) is 1.27. The monoisotopic (exact) mass is 169 g/mol. The van der Waals surface area contributed by atoms with Crippen molar-refractivity contribution in [1.82, 2.24) is 5.32 Å². The minimum atomic E-state index is -0.329. The van der Waals surface area contributed by atoms with E-state index >= 15 is 0 Å². The quantitative estimate of drug-likeness (QED) is 0.639. The van der Waals surface area contributed by atoms with E-state index in [0.717, 1.165) is 19.3 Å². The van der Waals surface area contributed by atoms with E-state index in [1.807, 2.05) is 0 Å². The maximum absolute atomic E-state index is 10.7. The molecule has 0 aromatic heterocycles. The van der Waals surface area contributed by atoms with E-state index in [9.17, 15) is 4.79 Å². The first-order chi connectivity index (χ1) is 5.83. The van der Waals surface area contributed by atoms with Gasteiger partial charge in [-0.15, -0.1) is 0 Å². The van der Waals surface area contributed by atoms with Crippen molar-refractivity contribution in [2.45, 2.75) is 19.3 Å². The van der Waals surface area contributed by atoms with Gasteiger partial charge in [-0.1, -0.05) is 12.2 Å². The zero-order valence-corrected chi connectivity index (χ0v) is 7.38. The summed E-state index contributed by atoms with van der Waals surface area (Å²) in [7, 11) is 1.57. The van der Waals surface area contributed by atoms with Gasteiger partial charge < -0.3 is 10.1 Å². The van der Waals surface area contributed by atoms with Crippen molar-refractivity contribution in [2.24, 2.45) is 5.92 Å². The number of allylic oxidation sites excluding steroid dienone is 2. The molecule has 1 aliphatic carbocycles. The number of hydrogen-bond donors (Lipinski definition) is 1. The maximum atomic E-state index is 10.7. The number of carbonyl (C=O) groups excluding carboxylic acids is 1. The molecule has 68 valence electrons. The highest BCUT2D eigenvalue weighted by Crippen LogP contribution is 2.17. The third-order valence-electron chi connectivity index (χ3n) is 2.03. The largest absolute Gasteiger partial charge is 0.449 e. The van der Waals surface area contributed by atoms with Gasteiger partial charge in [0.2, 0.25) is 0 Å². The van der Waals surface area contributed by atoms with Gasteiger partial charge in [-0.25, -0.2) is 4.79 Å². The van der Waals surface area contributed by atoms with Crippen LogP contribution in [0.1, 0.15) is 19.3 Å². The van der Waals surface area contributed by atoms with Crippen LogP contribution in [-0.2, 0) is 4.74 Å². The number of hydrogen-bond acceptors (Lipinski definition) is 2. The van der Waals surface area contributed by atoms with Crippen LogP contribution < -0.4 is 5.32 Å². The summed E-state index contributed by atoms with van der Waals surface area (Å²) in [4.78, 5) is 10.7. The van der Waals surface area contributed by atoms with Crippen LogP contribution in [-0.4, -0.2) is 19.7 Å². The molecule has 0 aliphatic heterocycles. The van der Waals surface area contributed by atoms with Gasteiger partial charge >= 0.3 is 6.09 Å². The molecular weight excluding hydrogens is 154 g/mol. The van der Waals surface area contributed by atoms with Crippen LogP contribution >= 0.6 is 0 Å². The molecule has 0 fully saturated rings. The van der Waals surface area contributed by atoms with Gasteiger partial charge in [0.1, 0.15) is 0 Å². The predicted octanol–water partition coefficient (Wildman–Crippen LogP) is 1.70. The van der Waals surface area contributed by atoms with E-state index in [-0.39, 0.29) is 6.09 Å². The lowest BCUT2D eigenvalue weighted by molar-refractivity contribution is 0.126. The van der Waals surface area contributed by atoms with Gasteiger partial charge in [-0.05, 0) is 25.2 Å². The molecule has 3 heteroatoms. The van der Waals surface area contributed by atoms with Crippen LogP contribution in [0.4, 0.5) is 4.79 Å². The molecule has 0 unspecified atom stereocenters. The Bertz CT molecular complexity index is 177. The van der Waals surface area contributed by atoms with Gasteiger partial charge in [0.05, 0.1) is 6.61 Å². The first-order valence-corrected chi connectivity index (χ1v) is 4.32. The minimum Gasteiger partial charge on any atom is -0.449 e. The summed E-state index contributed by atoms with van der Waals surface area (Å²) in [6, 6.07) is 0. The van der Waals surface area contributed by atoms with Crippen LogP contribution in [0.25, 0.3) is 0 Å². The van der Waals surface area contributed by atoms with Crippen molar-refractivity contribution in [3.63, 3.8) is 0 Å². The highest BCUT2D eigenvalue weighted by Gasteiger charge is 2.11. The summed E-state index contributed by atoms with van der Waals surface area (Å²) in [5, 5.41) is 2.43. The molecule has 1 atom stereocenters. The molecule has 0 aromatic rings. The Morgan fingerprint density at radius 3 is 3.08 bits per heavy atom. The Balaban J connectivity index is 2.14. The van der Waals surface area contributed by atoms with E-state index in [0.29, 0.717) is 12.5 Å². The maximum Gasteiger partial charge on any atom is 0.406 e. The van der Waals surface area contributed by atoms with Crippen molar-refractivity contribution in [1.29, 1.82) is 0 Å². The summed E-state index contributed by atoms with van der Waals surface area (Å²) < 4.78 is 4.95. The van der Waals surface area contributed by atoms with E-state index in [2.05, 4.69) is 17.5 Å². The van der Waals surface area contributed by atoms with Gasteiger partial charge in [-0.2, -0.15) is 0 Å². The molecule has 0 radical (unpaired) electrons. The second-order valence-electron chi connectivity index (χ2n) is 3.00. The third kappa shape index (κ3) is 2.95. The fourth-order valence-corrected chi connectivity index (χ4v) is 1.27. The summed E-state index contributed by atoms with van der Waals surface area (Å²) in [6.07, 6.45) is 7.29. The summed E-state index contributed by atoms with van der Waals surface area (Å²) in [5.41, 5.74) is 0. The van der Waals surface area contributed by atoms with Crippen molar-refractivity contribution in [2.75, 3.05) is 13.7 Å². The van der Waals surface area contributed by atoms with Gasteiger partial charge in [0, 0.05) is 7.05 Å². The molecule has 0 aromatic carbocycles. The minimum absolute atomic E-state index is 0.329. The van der Waals surface area contributed by atoms with Crippen LogP contribution in [0.2, 0.25) is 0 Å². The van der Waals surface area contributed by atoms with Crippen molar-refractivity contribution in [3.05, 3.63) is 12.2 Å². The summed E-state index contributed by atoms with van der Waals surface area (Å²) in [5.74, 6) is 0.521. The molecule has 1 aliphatic rings. The smallest absolute Gasteiger partial charge is 0.406 e. The average Bonchev–Trinajstić information content (AvgIpc) is 2.16. The topological polar surface area (TPSA) is 38.3 Å². The summed E-state index contributed by atoms with van der Waals surface area (Å²) >= 11 is 0. The number of nitrogens with one attached hydrogen (secondary N) is 1. The van der Waals surface area contributed by atoms with E-state index < -0.39 is 0 Å². The Hall–Kier alpha value is -0.990. The molecule has 0 saturated heterocycles. The Morgan fingerprint density at radius 2 is 2.50 bits per heavy atom. The van der Waals surface area contributed by atoms with Crippen LogP contribution in [0.5, 0.6) is 0 Å². The highest BCUT2D eigenvalue weighted by atomic mass is 16.5. The van der Waals surface area contributed by atoms with E-state index in [4.69, 9.17) is 4.74 Å². The lowest BCUT2D eigenvalue weighted by atomic mass is 9.95. The highest BCUT2D eigenvalue weighted by molar-refractivity contribution is 5.66. The number of rotatable bonds is 2. The van der Waals surface area contributed by atoms with E-state index in [1.54, 1.807) is 7.05 Å². The van der Waals surface area contributed by atoms with Crippen molar-refractivity contribution in [3.8, 4) is 0 Å². The van der Waals surface area contributed by atoms with Crippen LogP contribution in [0.15, 0.2) is 12.2 Å². The molecule has 1 N–H and O–H groups in total. The lowest BCUT2D eigenvalue weighted by Crippen LogP contribution is -2.23. The third-order valence-corrected chi connectivity index (χ3v) is 2.03. The standard InChI is InChI=1S/C9H15NO2/c1-10-9(11)12-7-8-5-3-2-4-6-8/h2-3,8H,4-7H2,1H3,(H,10,11)/t8-/m1/s1. The van der Waals surface area contributed by atoms with Crippen LogP contribution in [0, 0.1) is 5.92 Å². The molecule has 0 spiro atoms. The Morgan fingerprint density at radius 1 is 1.67 bits per heavy atom. The van der Waals surface area contributed by atoms with Gasteiger partial charge in [0.25, 0.3) is 0 Å². The molecule has 1 rings (SSSR count). The normalized spacial score (nSPS) is 21.9. The van der Waals surface area contributed by atoms with E-state index in [1.165, 1.54) is 0 Å². The number of alkyl carbamates (subject to hydrolysis) is 1. The van der Waals surface area contributed by atoms with Gasteiger partial charge in [0.15, 0.2) is 0 Å². The number of amides is 1. The average molecular weight is 169 g/mol. The SMILES string of the molecule is CNC(=O)OC[C@@H]1CC=CCC1. The Labute approximate surface area is 72.8 Å². The van der Waals surface area contributed by atoms with Crippen molar-refractivity contribution >= 4 is 6.09 Å². The lowest BCUT2D eigenvalue weighted by Gasteiger charge is -2.16. The van der Waals surface area contributed by atoms with Crippen molar-refractivity contribution < 1.29 is 9.53 Å². The fraction of sp³-hybridized carbons (Fsp3) is 0.667. The molecular formula is C9H15NO2. The second kappa shape index (κ2) is 4.80. The molecule has 1 amide bonds. The van der Waals surface area contributed by atoms with Crippen LogP contribution in [0.3, 0.4) is 0 Å². The zero-order valence-electron chi connectivity index (χ0n) is 7.38. The number of ether oxygens (including phenoxy) is 1. The number of carbonyl (C=O) groups is 1. The molecule has 0 heterocycles. The summed E-state index contributed by atoms with van der Waals surface area (Å²) in [6.45, 7) is 0.546. The molecule has 3 nitrogen and oxygen atoms in total. The zero-order chi connectivity index (χ0) is 8.81. The molecule has 0 bridgehead atoms. The van der Waals surface area contributed by atoms with Gasteiger partial charge in [-0.3, -0.25) is 0 Å². The second-order valence-corrected chi connectivity index (χ2v) is 3.00. The first kappa shape index (κ1) is 9.10. The molecule has 0 saturated carbocycles. The molecule has 12 heavy (non-hydrogen) atoms. The Kier molecular flexibility index (Phi) is 3.64. The first-order valence-electron chi connectivity index (χ1n) is 4.32. The predicted molar refractivity (Wildman–Crippen MR) is 46.9 cm³/mol.